The molecule has 1 aliphatic carbocycles. The first kappa shape index (κ1) is 20.4. The van der Waals surface area contributed by atoms with E-state index in [1.165, 1.54) is 0 Å². The second kappa shape index (κ2) is 7.12. The largest absolute Gasteiger partial charge is 0.456 e. The molecule has 2 aliphatic heterocycles. The minimum absolute atomic E-state index is 0.0895. The zero-order valence-electron chi connectivity index (χ0n) is 17.8. The van der Waals surface area contributed by atoms with Crippen LogP contribution in [0.15, 0.2) is 71.6 Å². The Kier molecular flexibility index (Phi) is 4.53. The maximum Gasteiger partial charge on any atom is 0.258 e. The Morgan fingerprint density at radius 1 is 0.938 bits per heavy atom. The van der Waals surface area contributed by atoms with Crippen LogP contribution in [0.1, 0.15) is 17.5 Å². The van der Waals surface area contributed by atoms with Crippen LogP contribution in [0.2, 0.25) is 0 Å². The summed E-state index contributed by atoms with van der Waals surface area (Å²) in [5, 5.41) is 2.25. The van der Waals surface area contributed by atoms with Crippen molar-refractivity contribution in [1.29, 1.82) is 0 Å². The van der Waals surface area contributed by atoms with Gasteiger partial charge in [-0.15, -0.1) is 11.8 Å². The summed E-state index contributed by atoms with van der Waals surface area (Å²) in [6.45, 7) is 0. The third-order valence-electron chi connectivity index (χ3n) is 6.82. The number of carbonyl (C=O) groups excluding carboxylic acids is 1. The van der Waals surface area contributed by atoms with Crippen LogP contribution in [-0.4, -0.2) is 36.5 Å². The molecule has 0 amide bonds. The van der Waals surface area contributed by atoms with Gasteiger partial charge < -0.3 is 14.2 Å². The van der Waals surface area contributed by atoms with Gasteiger partial charge in [0.15, 0.2) is 10.7 Å². The van der Waals surface area contributed by atoms with Crippen molar-refractivity contribution in [2.75, 3.05) is 20.0 Å². The van der Waals surface area contributed by atoms with Gasteiger partial charge >= 0.3 is 0 Å². The quantitative estimate of drug-likeness (QED) is 0.491. The smallest absolute Gasteiger partial charge is 0.258 e. The predicted molar refractivity (Wildman–Crippen MR) is 129 cm³/mol. The molecule has 32 heavy (non-hydrogen) atoms. The SMILES string of the molecule is CO[C@@]12CSC3(C[C@]1(OC)Sc1c(ccc4ccccc14)O2)C(=O)C=Cc1ccccc13. The summed E-state index contributed by atoms with van der Waals surface area (Å²) in [6.07, 6.45) is 4.05. The molecule has 0 aromatic heterocycles. The fourth-order valence-electron chi connectivity index (χ4n) is 5.11. The lowest BCUT2D eigenvalue weighted by atomic mass is 9.79. The van der Waals surface area contributed by atoms with Crippen LogP contribution in [0.25, 0.3) is 16.8 Å². The Morgan fingerprint density at radius 2 is 1.75 bits per heavy atom. The van der Waals surface area contributed by atoms with Gasteiger partial charge in [-0.05, 0) is 34.0 Å². The molecule has 1 unspecified atom stereocenters. The average Bonchev–Trinajstić information content (AvgIpc) is 2.85. The molecule has 1 fully saturated rings. The van der Waals surface area contributed by atoms with Gasteiger partial charge in [0.2, 0.25) is 0 Å². The van der Waals surface area contributed by atoms with E-state index in [0.717, 1.165) is 32.5 Å². The number of allylic oxidation sites excluding steroid dienone is 1. The van der Waals surface area contributed by atoms with Gasteiger partial charge in [-0.3, -0.25) is 4.79 Å². The molecule has 6 rings (SSSR count). The van der Waals surface area contributed by atoms with Gasteiger partial charge in [0.25, 0.3) is 5.79 Å². The van der Waals surface area contributed by atoms with E-state index in [1.54, 1.807) is 43.8 Å². The van der Waals surface area contributed by atoms with Gasteiger partial charge in [-0.1, -0.05) is 72.4 Å². The third-order valence-corrected chi connectivity index (χ3v) is 9.98. The second-order valence-corrected chi connectivity index (χ2v) is 10.9. The van der Waals surface area contributed by atoms with Gasteiger partial charge in [0.1, 0.15) is 10.5 Å². The molecule has 0 radical (unpaired) electrons. The van der Waals surface area contributed by atoms with E-state index in [1.807, 2.05) is 36.4 Å². The van der Waals surface area contributed by atoms with Crippen LogP contribution in [-0.2, 0) is 19.0 Å². The van der Waals surface area contributed by atoms with Crippen molar-refractivity contribution >= 4 is 46.2 Å². The number of fused-ring (bicyclic) bond motifs is 6. The van der Waals surface area contributed by atoms with Crippen molar-refractivity contribution in [1.82, 2.24) is 0 Å². The Balaban J connectivity index is 1.55. The molecule has 3 aliphatic rings. The molecule has 3 atom stereocenters. The van der Waals surface area contributed by atoms with Crippen LogP contribution >= 0.6 is 23.5 Å². The number of ketones is 1. The number of rotatable bonds is 2. The molecule has 4 nitrogen and oxygen atoms in total. The molecule has 1 spiro atoms. The molecule has 0 bridgehead atoms. The molecule has 2 heterocycles. The van der Waals surface area contributed by atoms with Crippen molar-refractivity contribution in [3.8, 4) is 5.75 Å². The van der Waals surface area contributed by atoms with Crippen LogP contribution in [0.3, 0.4) is 0 Å². The predicted octanol–water partition coefficient (Wildman–Crippen LogP) is 5.64. The lowest BCUT2D eigenvalue weighted by Gasteiger charge is -2.57. The molecular formula is C26H22O4S2. The monoisotopic (exact) mass is 462 g/mol. The van der Waals surface area contributed by atoms with Gasteiger partial charge in [-0.2, -0.15) is 0 Å². The van der Waals surface area contributed by atoms with Gasteiger partial charge in [0, 0.05) is 20.6 Å². The topological polar surface area (TPSA) is 44.8 Å². The Labute approximate surface area is 195 Å². The van der Waals surface area contributed by atoms with E-state index in [2.05, 4.69) is 30.3 Å². The third kappa shape index (κ3) is 2.58. The fraction of sp³-hybridized carbons (Fsp3) is 0.269. The summed E-state index contributed by atoms with van der Waals surface area (Å²) in [6, 6.07) is 20.5. The van der Waals surface area contributed by atoms with E-state index in [4.69, 9.17) is 14.2 Å². The van der Waals surface area contributed by atoms with Crippen LogP contribution < -0.4 is 4.74 Å². The minimum Gasteiger partial charge on any atom is -0.456 e. The zero-order chi connectivity index (χ0) is 22.0. The maximum absolute atomic E-state index is 13.5. The van der Waals surface area contributed by atoms with Crippen molar-refractivity contribution in [2.45, 2.75) is 26.8 Å². The summed E-state index contributed by atoms with van der Waals surface area (Å²) < 4.78 is 18.2. The highest BCUT2D eigenvalue weighted by molar-refractivity contribution is 8.02. The van der Waals surface area contributed by atoms with E-state index >= 15 is 0 Å². The normalized spacial score (nSPS) is 30.5. The Morgan fingerprint density at radius 3 is 2.59 bits per heavy atom. The minimum atomic E-state index is -1.02. The van der Waals surface area contributed by atoms with E-state index in [9.17, 15) is 4.79 Å². The maximum atomic E-state index is 13.5. The highest BCUT2D eigenvalue weighted by atomic mass is 32.2. The van der Waals surface area contributed by atoms with Crippen molar-refractivity contribution < 1.29 is 19.0 Å². The van der Waals surface area contributed by atoms with Gasteiger partial charge in [-0.25, -0.2) is 0 Å². The molecule has 0 saturated carbocycles. The molecular weight excluding hydrogens is 440 g/mol. The summed E-state index contributed by atoms with van der Waals surface area (Å²) in [5.74, 6) is 0.320. The van der Waals surface area contributed by atoms with E-state index in [-0.39, 0.29) is 5.78 Å². The summed E-state index contributed by atoms with van der Waals surface area (Å²) in [7, 11) is 3.36. The van der Waals surface area contributed by atoms with E-state index in [0.29, 0.717) is 12.2 Å². The number of hydrogen-bond donors (Lipinski definition) is 0. The molecule has 3 aromatic carbocycles. The fourth-order valence-corrected chi connectivity index (χ4v) is 8.56. The first-order valence-corrected chi connectivity index (χ1v) is 12.3. The van der Waals surface area contributed by atoms with Crippen LogP contribution in [0.5, 0.6) is 5.75 Å². The molecule has 6 heteroatoms. The number of carbonyl (C=O) groups is 1. The molecule has 162 valence electrons. The number of hydrogen-bond acceptors (Lipinski definition) is 6. The number of thioether (sulfide) groups is 2. The lowest BCUT2D eigenvalue weighted by Crippen LogP contribution is -2.67. The number of ether oxygens (including phenoxy) is 3. The lowest BCUT2D eigenvalue weighted by molar-refractivity contribution is -0.241. The molecule has 1 saturated heterocycles. The summed E-state index contributed by atoms with van der Waals surface area (Å²) in [4.78, 5) is 13.6. The first-order chi connectivity index (χ1) is 15.6. The number of methoxy groups -OCH3 is 2. The summed E-state index contributed by atoms with van der Waals surface area (Å²) in [5.41, 5.74) is 2.10. The first-order valence-electron chi connectivity index (χ1n) is 10.5. The zero-order valence-corrected chi connectivity index (χ0v) is 19.4. The van der Waals surface area contributed by atoms with Crippen molar-refractivity contribution in [2.24, 2.45) is 0 Å². The van der Waals surface area contributed by atoms with Crippen molar-refractivity contribution in [3.05, 3.63) is 77.9 Å². The standard InChI is InChI=1S/C26H22O4S2/c1-28-25-16-31-24(20-10-6-4-8-18(20)12-14-22(24)27)15-26(25,29-2)32-23-19-9-5-3-7-17(19)11-13-21(23)30-25/h3-14H,15-16H2,1-2H3/t24?,25-,26+/m1/s1. The molecule has 3 aromatic rings. The average molecular weight is 463 g/mol. The number of benzene rings is 3. The Bertz CT molecular complexity index is 1290. The summed E-state index contributed by atoms with van der Waals surface area (Å²) >= 11 is 3.22. The van der Waals surface area contributed by atoms with E-state index < -0.39 is 15.5 Å². The highest BCUT2D eigenvalue weighted by Crippen LogP contribution is 2.65. The van der Waals surface area contributed by atoms with Crippen LogP contribution in [0, 0.1) is 0 Å². The highest BCUT2D eigenvalue weighted by Gasteiger charge is 2.68. The van der Waals surface area contributed by atoms with Crippen LogP contribution in [0.4, 0.5) is 0 Å². The molecule has 0 N–H and O–H groups in total. The second-order valence-electron chi connectivity index (χ2n) is 8.31. The van der Waals surface area contributed by atoms with Crippen molar-refractivity contribution in [3.63, 3.8) is 0 Å². The van der Waals surface area contributed by atoms with Gasteiger partial charge in [0.05, 0.1) is 10.6 Å². The Hall–Kier alpha value is -2.25.